The topological polar surface area (TPSA) is 73.0 Å². The Labute approximate surface area is 155 Å². The molecule has 0 spiro atoms. The second kappa shape index (κ2) is 6.92. The number of carbonyl (C=O) groups is 1. The normalized spacial score (nSPS) is 24.8. The largest absolute Gasteiger partial charge is 0.314 e. The number of hydrogen-bond donors (Lipinski definition) is 1. The standard InChI is InChI=1S/C18H26N4O3S/c1-14(23)22-9-4-15-2-3-17(12-18(15)22)26(24,25)21-8-5-16(13-21)20-10-6-19-7-11-20/h2-3,12,16,19H,4-11,13H2,1H3/t16-/m1/s1. The van der Waals surface area contributed by atoms with Crippen LogP contribution in [-0.2, 0) is 21.2 Å². The number of amides is 1. The molecular formula is C18H26N4O3S. The van der Waals surface area contributed by atoms with Gasteiger partial charge in [0.2, 0.25) is 15.9 Å². The minimum Gasteiger partial charge on any atom is -0.314 e. The van der Waals surface area contributed by atoms with Crippen molar-refractivity contribution in [2.24, 2.45) is 0 Å². The van der Waals surface area contributed by atoms with E-state index < -0.39 is 10.0 Å². The summed E-state index contributed by atoms with van der Waals surface area (Å²) in [6.07, 6.45) is 1.66. The molecule has 142 valence electrons. The Balaban J connectivity index is 1.54. The summed E-state index contributed by atoms with van der Waals surface area (Å²) in [5, 5.41) is 3.34. The van der Waals surface area contributed by atoms with Crippen LogP contribution in [0.5, 0.6) is 0 Å². The van der Waals surface area contributed by atoms with Crippen molar-refractivity contribution in [1.82, 2.24) is 14.5 Å². The van der Waals surface area contributed by atoms with Gasteiger partial charge in [0.25, 0.3) is 0 Å². The zero-order valence-corrected chi connectivity index (χ0v) is 16.0. The summed E-state index contributed by atoms with van der Waals surface area (Å²) in [4.78, 5) is 16.2. The molecule has 2 fully saturated rings. The third-order valence-electron chi connectivity index (χ3n) is 5.76. The fourth-order valence-electron chi connectivity index (χ4n) is 4.27. The lowest BCUT2D eigenvalue weighted by molar-refractivity contribution is -0.116. The fourth-order valence-corrected chi connectivity index (χ4v) is 5.78. The van der Waals surface area contributed by atoms with Gasteiger partial charge in [-0.05, 0) is 30.5 Å². The van der Waals surface area contributed by atoms with Crippen LogP contribution >= 0.6 is 0 Å². The van der Waals surface area contributed by atoms with Gasteiger partial charge in [0.1, 0.15) is 0 Å². The van der Waals surface area contributed by atoms with Crippen LogP contribution in [-0.4, -0.2) is 75.4 Å². The molecule has 7 nitrogen and oxygen atoms in total. The van der Waals surface area contributed by atoms with E-state index in [4.69, 9.17) is 0 Å². The summed E-state index contributed by atoms with van der Waals surface area (Å²) < 4.78 is 27.9. The minimum atomic E-state index is -3.53. The number of benzene rings is 1. The molecule has 1 N–H and O–H groups in total. The fraction of sp³-hybridized carbons (Fsp3) is 0.611. The monoisotopic (exact) mass is 378 g/mol. The van der Waals surface area contributed by atoms with E-state index in [1.165, 1.54) is 6.92 Å². The molecule has 4 rings (SSSR count). The summed E-state index contributed by atoms with van der Waals surface area (Å²) in [6.45, 7) is 7.15. The third-order valence-corrected chi connectivity index (χ3v) is 7.63. The first-order valence-corrected chi connectivity index (χ1v) is 10.8. The molecular weight excluding hydrogens is 352 g/mol. The van der Waals surface area contributed by atoms with Gasteiger partial charge in [0.15, 0.2) is 0 Å². The van der Waals surface area contributed by atoms with Crippen molar-refractivity contribution in [2.45, 2.75) is 30.7 Å². The minimum absolute atomic E-state index is 0.0433. The summed E-state index contributed by atoms with van der Waals surface area (Å²) in [7, 11) is -3.53. The van der Waals surface area contributed by atoms with Gasteiger partial charge in [-0.2, -0.15) is 4.31 Å². The first-order valence-electron chi connectivity index (χ1n) is 9.33. The SMILES string of the molecule is CC(=O)N1CCc2ccc(S(=O)(=O)N3CC[C@@H](N4CCNCC4)C3)cc21. The molecule has 3 aliphatic heterocycles. The second-order valence-corrected chi connectivity index (χ2v) is 9.24. The van der Waals surface area contributed by atoms with Crippen molar-refractivity contribution >= 4 is 21.6 Å². The maximum absolute atomic E-state index is 13.1. The number of fused-ring (bicyclic) bond motifs is 1. The van der Waals surface area contributed by atoms with E-state index >= 15 is 0 Å². The summed E-state index contributed by atoms with van der Waals surface area (Å²) >= 11 is 0. The van der Waals surface area contributed by atoms with Gasteiger partial charge in [0, 0.05) is 64.5 Å². The first kappa shape index (κ1) is 17.9. The zero-order chi connectivity index (χ0) is 18.3. The van der Waals surface area contributed by atoms with Crippen LogP contribution in [0.2, 0.25) is 0 Å². The third kappa shape index (κ3) is 3.15. The Morgan fingerprint density at radius 2 is 1.92 bits per heavy atom. The van der Waals surface area contributed by atoms with Crippen LogP contribution in [0.3, 0.4) is 0 Å². The molecule has 3 heterocycles. The van der Waals surface area contributed by atoms with Gasteiger partial charge in [0.05, 0.1) is 4.90 Å². The van der Waals surface area contributed by atoms with E-state index in [-0.39, 0.29) is 5.91 Å². The van der Waals surface area contributed by atoms with Gasteiger partial charge >= 0.3 is 0 Å². The van der Waals surface area contributed by atoms with Crippen LogP contribution < -0.4 is 10.2 Å². The van der Waals surface area contributed by atoms with Crippen LogP contribution in [0.15, 0.2) is 23.1 Å². The van der Waals surface area contributed by atoms with Crippen LogP contribution in [0, 0.1) is 0 Å². The van der Waals surface area contributed by atoms with Crippen molar-refractivity contribution < 1.29 is 13.2 Å². The predicted octanol–water partition coefficient (Wildman–Crippen LogP) is 0.264. The molecule has 26 heavy (non-hydrogen) atoms. The lowest BCUT2D eigenvalue weighted by Gasteiger charge is -2.32. The lowest BCUT2D eigenvalue weighted by Crippen LogP contribution is -2.49. The zero-order valence-electron chi connectivity index (χ0n) is 15.1. The molecule has 0 saturated carbocycles. The highest BCUT2D eigenvalue weighted by molar-refractivity contribution is 7.89. The molecule has 0 radical (unpaired) electrons. The van der Waals surface area contributed by atoms with Crippen molar-refractivity contribution in [3.05, 3.63) is 23.8 Å². The van der Waals surface area contributed by atoms with Crippen molar-refractivity contribution in [3.8, 4) is 0 Å². The molecule has 0 aliphatic carbocycles. The number of nitrogens with zero attached hydrogens (tertiary/aromatic N) is 3. The van der Waals surface area contributed by atoms with Gasteiger partial charge < -0.3 is 10.2 Å². The second-order valence-electron chi connectivity index (χ2n) is 7.30. The Bertz CT molecular complexity index is 805. The van der Waals surface area contributed by atoms with Crippen molar-refractivity contribution in [2.75, 3.05) is 50.7 Å². The van der Waals surface area contributed by atoms with Gasteiger partial charge in [-0.3, -0.25) is 9.69 Å². The Morgan fingerprint density at radius 1 is 1.15 bits per heavy atom. The number of rotatable bonds is 3. The Hall–Kier alpha value is -1.48. The van der Waals surface area contributed by atoms with Crippen molar-refractivity contribution in [3.63, 3.8) is 0 Å². The van der Waals surface area contributed by atoms with Gasteiger partial charge in [-0.1, -0.05) is 6.07 Å². The van der Waals surface area contributed by atoms with Crippen LogP contribution in [0.25, 0.3) is 0 Å². The van der Waals surface area contributed by atoms with E-state index in [0.717, 1.165) is 50.3 Å². The average Bonchev–Trinajstić information content (AvgIpc) is 3.29. The average molecular weight is 378 g/mol. The number of carbonyl (C=O) groups excluding carboxylic acids is 1. The van der Waals surface area contributed by atoms with E-state index in [2.05, 4.69) is 10.2 Å². The molecule has 0 unspecified atom stereocenters. The van der Waals surface area contributed by atoms with Gasteiger partial charge in [-0.15, -0.1) is 0 Å². The maximum atomic E-state index is 13.1. The van der Waals surface area contributed by atoms with Crippen molar-refractivity contribution in [1.29, 1.82) is 0 Å². The van der Waals surface area contributed by atoms with E-state index in [9.17, 15) is 13.2 Å². The lowest BCUT2D eigenvalue weighted by atomic mass is 10.2. The number of sulfonamides is 1. The molecule has 2 saturated heterocycles. The highest BCUT2D eigenvalue weighted by atomic mass is 32.2. The molecule has 8 heteroatoms. The first-order chi connectivity index (χ1) is 12.5. The quantitative estimate of drug-likeness (QED) is 0.817. The number of piperazine rings is 1. The highest BCUT2D eigenvalue weighted by Gasteiger charge is 2.36. The number of nitrogens with one attached hydrogen (secondary N) is 1. The molecule has 1 atom stereocenters. The van der Waals surface area contributed by atoms with Crippen LogP contribution in [0.4, 0.5) is 5.69 Å². The number of hydrogen-bond acceptors (Lipinski definition) is 5. The maximum Gasteiger partial charge on any atom is 0.243 e. The van der Waals surface area contributed by atoms with E-state index in [1.54, 1.807) is 21.3 Å². The van der Waals surface area contributed by atoms with Gasteiger partial charge in [-0.25, -0.2) is 8.42 Å². The Morgan fingerprint density at radius 3 is 2.65 bits per heavy atom. The number of anilines is 1. The smallest absolute Gasteiger partial charge is 0.243 e. The van der Waals surface area contributed by atoms with E-state index in [1.807, 2.05) is 6.07 Å². The predicted molar refractivity (Wildman–Crippen MR) is 99.8 cm³/mol. The van der Waals surface area contributed by atoms with Crippen LogP contribution in [0.1, 0.15) is 18.9 Å². The molecule has 0 bridgehead atoms. The molecule has 1 aromatic rings. The summed E-state index contributed by atoms with van der Waals surface area (Å²) in [5.41, 5.74) is 1.79. The Kier molecular flexibility index (Phi) is 4.77. The molecule has 1 amide bonds. The molecule has 0 aromatic heterocycles. The molecule has 3 aliphatic rings. The van der Waals surface area contributed by atoms with E-state index in [0.29, 0.717) is 30.6 Å². The summed E-state index contributed by atoms with van der Waals surface area (Å²) in [5.74, 6) is -0.0433. The molecule has 1 aromatic carbocycles. The summed E-state index contributed by atoms with van der Waals surface area (Å²) in [6, 6.07) is 5.53. The highest BCUT2D eigenvalue weighted by Crippen LogP contribution is 2.32.